The van der Waals surface area contributed by atoms with Gasteiger partial charge in [-0.05, 0) is 110 Å². The smallest absolute Gasteiger partial charge is 0.201 e. The van der Waals surface area contributed by atoms with E-state index in [1.54, 1.807) is 30.3 Å². The van der Waals surface area contributed by atoms with E-state index >= 15 is 4.39 Å². The molecule has 1 atom stereocenters. The van der Waals surface area contributed by atoms with Gasteiger partial charge in [0.15, 0.2) is 11.6 Å². The van der Waals surface area contributed by atoms with Gasteiger partial charge in [0.1, 0.15) is 5.82 Å². The van der Waals surface area contributed by atoms with Crippen molar-refractivity contribution in [3.8, 4) is 28.0 Å². The first-order chi connectivity index (χ1) is 19.5. The molecule has 4 heteroatoms. The van der Waals surface area contributed by atoms with E-state index in [4.69, 9.17) is 4.74 Å². The Hall–Kier alpha value is -3.27. The highest BCUT2D eigenvalue weighted by molar-refractivity contribution is 5.74. The van der Waals surface area contributed by atoms with Crippen LogP contribution in [0.5, 0.6) is 5.75 Å². The Morgan fingerprint density at radius 3 is 2.08 bits per heavy atom. The Labute approximate surface area is 236 Å². The molecule has 2 aliphatic rings. The van der Waals surface area contributed by atoms with Gasteiger partial charge in [0.05, 0.1) is 7.11 Å². The lowest BCUT2D eigenvalue weighted by Crippen LogP contribution is -2.23. The maximum absolute atomic E-state index is 15.3. The Kier molecular flexibility index (Phi) is 9.14. The molecule has 0 aromatic heterocycles. The molecule has 0 bridgehead atoms. The largest absolute Gasteiger partial charge is 0.494 e. The summed E-state index contributed by atoms with van der Waals surface area (Å²) in [5.41, 5.74) is 4.05. The molecule has 3 aromatic rings. The van der Waals surface area contributed by atoms with E-state index in [-0.39, 0.29) is 17.1 Å². The summed E-state index contributed by atoms with van der Waals surface area (Å²) in [6, 6.07) is 15.2. The molecule has 3 aromatic carbocycles. The van der Waals surface area contributed by atoms with Crippen LogP contribution in [0.2, 0.25) is 0 Å². The summed E-state index contributed by atoms with van der Waals surface area (Å²) < 4.78 is 48.8. The topological polar surface area (TPSA) is 9.23 Å². The molecular weight excluding hydrogens is 505 g/mol. The summed E-state index contributed by atoms with van der Waals surface area (Å²) in [4.78, 5) is 0. The van der Waals surface area contributed by atoms with Crippen LogP contribution >= 0.6 is 0 Å². The molecule has 40 heavy (non-hydrogen) atoms. The SMILES string of the molecule is C/C=C/CCC1CCC(C2CC=C(c3ccc(-c4ccc(-c5ccc(OC)c(F)c5F)cc4)c(F)c3)CC2)CC1. The number of halogens is 3. The molecule has 1 saturated carbocycles. The van der Waals surface area contributed by atoms with Gasteiger partial charge >= 0.3 is 0 Å². The lowest BCUT2D eigenvalue weighted by atomic mass is 9.70. The predicted molar refractivity (Wildman–Crippen MR) is 159 cm³/mol. The van der Waals surface area contributed by atoms with Gasteiger partial charge in [-0.25, -0.2) is 8.78 Å². The summed E-state index contributed by atoms with van der Waals surface area (Å²) in [7, 11) is 1.30. The highest BCUT2D eigenvalue weighted by Crippen LogP contribution is 2.42. The molecule has 0 aliphatic heterocycles. The molecule has 0 N–H and O–H groups in total. The lowest BCUT2D eigenvalue weighted by Gasteiger charge is -2.35. The molecular formula is C36H39F3O. The molecule has 210 valence electrons. The molecule has 0 radical (unpaired) electrons. The zero-order chi connectivity index (χ0) is 28.1. The number of rotatable bonds is 8. The second-order valence-corrected chi connectivity index (χ2v) is 11.4. The van der Waals surface area contributed by atoms with E-state index in [0.29, 0.717) is 16.7 Å². The molecule has 0 amide bonds. The Bertz CT molecular complexity index is 1360. The monoisotopic (exact) mass is 544 g/mol. The van der Waals surface area contributed by atoms with E-state index in [1.807, 2.05) is 12.1 Å². The van der Waals surface area contributed by atoms with Gasteiger partial charge in [0.2, 0.25) is 5.82 Å². The fraction of sp³-hybridized carbons (Fsp3) is 0.389. The van der Waals surface area contributed by atoms with Crippen LogP contribution in [0.3, 0.4) is 0 Å². The van der Waals surface area contributed by atoms with E-state index in [9.17, 15) is 8.78 Å². The van der Waals surface area contributed by atoms with E-state index in [1.165, 1.54) is 69.8 Å². The first-order valence-corrected chi connectivity index (χ1v) is 14.7. The minimum absolute atomic E-state index is 0.137. The van der Waals surface area contributed by atoms with Crippen LogP contribution < -0.4 is 4.74 Å². The zero-order valence-corrected chi connectivity index (χ0v) is 23.6. The van der Waals surface area contributed by atoms with E-state index < -0.39 is 11.6 Å². The second kappa shape index (κ2) is 12.9. The van der Waals surface area contributed by atoms with Crippen LogP contribution in [-0.4, -0.2) is 7.11 Å². The standard InChI is InChI=1S/C36H39F3O/c1-3-4-5-6-24-7-9-25(10-8-24)26-11-13-27(14-12-26)30-19-20-31(33(37)23-30)28-15-17-29(18-16-28)32-21-22-34(40-2)36(39)35(32)38/h3-4,13,15-26H,5-12,14H2,1-2H3/b4-3+. The van der Waals surface area contributed by atoms with Crippen molar-refractivity contribution < 1.29 is 17.9 Å². The van der Waals surface area contributed by atoms with Crippen molar-refractivity contribution in [1.82, 2.24) is 0 Å². The number of benzene rings is 3. The summed E-state index contributed by atoms with van der Waals surface area (Å²) in [6.45, 7) is 2.10. The molecule has 0 heterocycles. The Balaban J connectivity index is 1.22. The summed E-state index contributed by atoms with van der Waals surface area (Å²) in [6.07, 6.45) is 18.1. The fourth-order valence-corrected chi connectivity index (χ4v) is 6.68. The second-order valence-electron chi connectivity index (χ2n) is 11.4. The van der Waals surface area contributed by atoms with Crippen molar-refractivity contribution >= 4 is 5.57 Å². The highest BCUT2D eigenvalue weighted by Gasteiger charge is 2.28. The zero-order valence-electron chi connectivity index (χ0n) is 23.6. The van der Waals surface area contributed by atoms with Gasteiger partial charge < -0.3 is 4.74 Å². The van der Waals surface area contributed by atoms with Gasteiger partial charge in [0.25, 0.3) is 0 Å². The van der Waals surface area contributed by atoms with Crippen molar-refractivity contribution in [3.05, 3.63) is 95.8 Å². The minimum Gasteiger partial charge on any atom is -0.494 e. The molecule has 1 unspecified atom stereocenters. The Morgan fingerprint density at radius 2 is 1.45 bits per heavy atom. The molecule has 0 spiro atoms. The normalized spacial score (nSPS) is 21.4. The number of allylic oxidation sites excluding steroid dienone is 4. The quantitative estimate of drug-likeness (QED) is 0.256. The summed E-state index contributed by atoms with van der Waals surface area (Å²) >= 11 is 0. The molecule has 0 saturated heterocycles. The van der Waals surface area contributed by atoms with Crippen molar-refractivity contribution in [2.24, 2.45) is 17.8 Å². The van der Waals surface area contributed by atoms with Gasteiger partial charge in [-0.15, -0.1) is 0 Å². The van der Waals surface area contributed by atoms with Gasteiger partial charge in [-0.3, -0.25) is 0 Å². The van der Waals surface area contributed by atoms with E-state index in [0.717, 1.165) is 36.2 Å². The van der Waals surface area contributed by atoms with Gasteiger partial charge in [-0.2, -0.15) is 4.39 Å². The summed E-state index contributed by atoms with van der Waals surface area (Å²) in [5, 5.41) is 0. The molecule has 1 fully saturated rings. The number of ether oxygens (including phenoxy) is 1. The van der Waals surface area contributed by atoms with E-state index in [2.05, 4.69) is 25.2 Å². The third kappa shape index (κ3) is 6.22. The van der Waals surface area contributed by atoms with Crippen LogP contribution in [0.25, 0.3) is 27.8 Å². The third-order valence-electron chi connectivity index (χ3n) is 9.10. The predicted octanol–water partition coefficient (Wildman–Crippen LogP) is 10.8. The van der Waals surface area contributed by atoms with Crippen molar-refractivity contribution in [2.45, 2.75) is 64.7 Å². The van der Waals surface area contributed by atoms with Crippen LogP contribution in [0.1, 0.15) is 70.3 Å². The first-order valence-electron chi connectivity index (χ1n) is 14.7. The summed E-state index contributed by atoms with van der Waals surface area (Å²) in [5.74, 6) is 0.0997. The third-order valence-corrected chi connectivity index (χ3v) is 9.10. The average molecular weight is 545 g/mol. The van der Waals surface area contributed by atoms with Crippen LogP contribution in [0.4, 0.5) is 13.2 Å². The van der Waals surface area contributed by atoms with Crippen LogP contribution in [0.15, 0.2) is 72.8 Å². The molecule has 2 aliphatic carbocycles. The molecule has 5 rings (SSSR count). The average Bonchev–Trinajstić information content (AvgIpc) is 2.99. The highest BCUT2D eigenvalue weighted by atomic mass is 19.2. The van der Waals surface area contributed by atoms with Crippen LogP contribution in [-0.2, 0) is 0 Å². The first kappa shape index (κ1) is 28.3. The van der Waals surface area contributed by atoms with Crippen LogP contribution in [0, 0.1) is 35.2 Å². The van der Waals surface area contributed by atoms with Gasteiger partial charge in [0, 0.05) is 11.1 Å². The van der Waals surface area contributed by atoms with Crippen molar-refractivity contribution in [2.75, 3.05) is 7.11 Å². The number of hydrogen-bond donors (Lipinski definition) is 0. The van der Waals surface area contributed by atoms with Crippen molar-refractivity contribution in [1.29, 1.82) is 0 Å². The fourth-order valence-electron chi connectivity index (χ4n) is 6.68. The van der Waals surface area contributed by atoms with Crippen molar-refractivity contribution in [3.63, 3.8) is 0 Å². The Morgan fingerprint density at radius 1 is 0.775 bits per heavy atom. The minimum atomic E-state index is -1.02. The molecule has 1 nitrogen and oxygen atoms in total. The lowest BCUT2D eigenvalue weighted by molar-refractivity contribution is 0.190. The maximum Gasteiger partial charge on any atom is 0.201 e. The van der Waals surface area contributed by atoms with Gasteiger partial charge in [-0.1, -0.05) is 67.5 Å². The number of methoxy groups -OCH3 is 1. The maximum atomic E-state index is 15.3. The number of hydrogen-bond acceptors (Lipinski definition) is 1.